The van der Waals surface area contributed by atoms with Gasteiger partial charge in [-0.1, -0.05) is 6.42 Å². The van der Waals surface area contributed by atoms with Gasteiger partial charge < -0.3 is 21.5 Å². The highest BCUT2D eigenvalue weighted by Gasteiger charge is 2.37. The molecule has 0 aliphatic heterocycles. The lowest BCUT2D eigenvalue weighted by Gasteiger charge is -2.15. The van der Waals surface area contributed by atoms with Crippen molar-refractivity contribution in [2.75, 3.05) is 10.6 Å². The maximum Gasteiger partial charge on any atom is 0.316 e. The molecule has 1 aliphatic carbocycles. The van der Waals surface area contributed by atoms with Gasteiger partial charge in [-0.2, -0.15) is 0 Å². The fraction of sp³-hybridized carbons (Fsp3) is 0.357. The van der Waals surface area contributed by atoms with Crippen LogP contribution in [0.15, 0.2) is 24.3 Å². The summed E-state index contributed by atoms with van der Waals surface area (Å²) in [4.78, 5) is 33.9. The number of rotatable bonds is 4. The molecule has 112 valence electrons. The fourth-order valence-corrected chi connectivity index (χ4v) is 2.58. The Morgan fingerprint density at radius 2 is 1.52 bits per heavy atom. The number of benzene rings is 1. The van der Waals surface area contributed by atoms with E-state index in [4.69, 9.17) is 10.8 Å². The highest BCUT2D eigenvalue weighted by molar-refractivity contribution is 5.95. The molecule has 0 spiro atoms. The van der Waals surface area contributed by atoms with Gasteiger partial charge in [0.2, 0.25) is 5.91 Å². The summed E-state index contributed by atoms with van der Waals surface area (Å²) in [5.74, 6) is -2.31. The third-order valence-electron chi connectivity index (χ3n) is 3.59. The lowest BCUT2D eigenvalue weighted by molar-refractivity contribution is -0.145. The highest BCUT2D eigenvalue weighted by Crippen LogP contribution is 2.32. The van der Waals surface area contributed by atoms with Crippen LogP contribution in [0.2, 0.25) is 0 Å². The van der Waals surface area contributed by atoms with E-state index in [0.29, 0.717) is 24.2 Å². The molecule has 0 heterocycles. The highest BCUT2D eigenvalue weighted by atomic mass is 16.4. The lowest BCUT2D eigenvalue weighted by atomic mass is 9.95. The molecule has 3 amide bonds. The summed E-state index contributed by atoms with van der Waals surface area (Å²) in [5.41, 5.74) is 6.06. The monoisotopic (exact) mass is 291 g/mol. The van der Waals surface area contributed by atoms with Crippen molar-refractivity contribution >= 4 is 29.3 Å². The van der Waals surface area contributed by atoms with Crippen molar-refractivity contribution in [2.24, 2.45) is 17.6 Å². The number of amides is 3. The lowest BCUT2D eigenvalue weighted by Crippen LogP contribution is -2.29. The quantitative estimate of drug-likeness (QED) is 0.673. The summed E-state index contributed by atoms with van der Waals surface area (Å²) in [7, 11) is 0. The molecule has 0 radical (unpaired) electrons. The molecule has 2 atom stereocenters. The average Bonchev–Trinajstić information content (AvgIpc) is 2.90. The van der Waals surface area contributed by atoms with E-state index in [2.05, 4.69) is 10.6 Å². The standard InChI is InChI=1S/C14H17N3O4/c15-14(21)17-9-6-4-8(5-7-9)16-12(18)10-2-1-3-11(10)13(19)20/h4-7,10-11H,1-3H2,(H,16,18)(H,19,20)(H3,15,17,21). The van der Waals surface area contributed by atoms with Crippen LogP contribution in [0.3, 0.4) is 0 Å². The van der Waals surface area contributed by atoms with Crippen molar-refractivity contribution in [2.45, 2.75) is 19.3 Å². The number of anilines is 2. The maximum atomic E-state index is 12.1. The number of hydrogen-bond donors (Lipinski definition) is 4. The number of urea groups is 1. The Kier molecular flexibility index (Phi) is 4.42. The zero-order valence-electron chi connectivity index (χ0n) is 11.3. The van der Waals surface area contributed by atoms with Gasteiger partial charge in [-0.05, 0) is 37.1 Å². The number of nitrogens with one attached hydrogen (secondary N) is 2. The third kappa shape index (κ3) is 3.71. The molecule has 1 fully saturated rings. The summed E-state index contributed by atoms with van der Waals surface area (Å²) in [6.45, 7) is 0. The topological polar surface area (TPSA) is 122 Å². The summed E-state index contributed by atoms with van der Waals surface area (Å²) < 4.78 is 0. The van der Waals surface area contributed by atoms with E-state index in [9.17, 15) is 14.4 Å². The van der Waals surface area contributed by atoms with Crippen LogP contribution >= 0.6 is 0 Å². The molecule has 21 heavy (non-hydrogen) atoms. The summed E-state index contributed by atoms with van der Waals surface area (Å²) >= 11 is 0. The van der Waals surface area contributed by atoms with E-state index in [1.807, 2.05) is 0 Å². The van der Waals surface area contributed by atoms with Crippen LogP contribution in [0.25, 0.3) is 0 Å². The van der Waals surface area contributed by atoms with E-state index in [0.717, 1.165) is 6.42 Å². The average molecular weight is 291 g/mol. The number of carbonyl (C=O) groups excluding carboxylic acids is 2. The summed E-state index contributed by atoms with van der Waals surface area (Å²) in [5, 5.41) is 14.2. The molecule has 2 unspecified atom stereocenters. The molecule has 0 aromatic heterocycles. The van der Waals surface area contributed by atoms with Gasteiger partial charge in [0, 0.05) is 11.4 Å². The predicted molar refractivity (Wildman–Crippen MR) is 76.7 cm³/mol. The molecule has 1 aliphatic rings. The van der Waals surface area contributed by atoms with Gasteiger partial charge in [0.15, 0.2) is 0 Å². The minimum Gasteiger partial charge on any atom is -0.481 e. The number of carboxylic acids is 1. The first kappa shape index (κ1) is 14.8. The minimum atomic E-state index is -0.923. The Balaban J connectivity index is 1.99. The van der Waals surface area contributed by atoms with E-state index in [1.54, 1.807) is 24.3 Å². The zero-order chi connectivity index (χ0) is 15.4. The van der Waals surface area contributed by atoms with Crippen molar-refractivity contribution in [3.05, 3.63) is 24.3 Å². The molecule has 7 heteroatoms. The van der Waals surface area contributed by atoms with Crippen molar-refractivity contribution in [1.29, 1.82) is 0 Å². The normalized spacial score (nSPS) is 20.8. The SMILES string of the molecule is NC(=O)Nc1ccc(NC(=O)C2CCCC2C(=O)O)cc1. The largest absolute Gasteiger partial charge is 0.481 e. The molecule has 1 saturated carbocycles. The van der Waals surface area contributed by atoms with Crippen LogP contribution in [0.4, 0.5) is 16.2 Å². The second-order valence-corrected chi connectivity index (χ2v) is 5.04. The fourth-order valence-electron chi connectivity index (χ4n) is 2.58. The van der Waals surface area contributed by atoms with E-state index < -0.39 is 23.8 Å². The second-order valence-electron chi connectivity index (χ2n) is 5.04. The molecule has 7 nitrogen and oxygen atoms in total. The van der Waals surface area contributed by atoms with Crippen LogP contribution in [-0.4, -0.2) is 23.0 Å². The van der Waals surface area contributed by atoms with Crippen LogP contribution in [0.1, 0.15) is 19.3 Å². The first-order valence-corrected chi connectivity index (χ1v) is 6.67. The van der Waals surface area contributed by atoms with Crippen molar-refractivity contribution in [3.8, 4) is 0 Å². The first-order valence-electron chi connectivity index (χ1n) is 6.67. The molecule has 0 bridgehead atoms. The van der Waals surface area contributed by atoms with Crippen molar-refractivity contribution in [3.63, 3.8) is 0 Å². The molecule has 1 aromatic carbocycles. The number of aliphatic carboxylic acids is 1. The van der Waals surface area contributed by atoms with E-state index in [1.165, 1.54) is 0 Å². The van der Waals surface area contributed by atoms with Gasteiger partial charge in [0.1, 0.15) is 0 Å². The van der Waals surface area contributed by atoms with Crippen molar-refractivity contribution in [1.82, 2.24) is 0 Å². The van der Waals surface area contributed by atoms with E-state index >= 15 is 0 Å². The molecule has 2 rings (SSSR count). The molecule has 5 N–H and O–H groups in total. The predicted octanol–water partition coefficient (Wildman–Crippen LogP) is 1.62. The second kappa shape index (κ2) is 6.25. The number of hydrogen-bond acceptors (Lipinski definition) is 3. The van der Waals surface area contributed by atoms with Gasteiger partial charge in [0.05, 0.1) is 11.8 Å². The van der Waals surface area contributed by atoms with Gasteiger partial charge in [-0.25, -0.2) is 4.79 Å². The Morgan fingerprint density at radius 3 is 2.05 bits per heavy atom. The Morgan fingerprint density at radius 1 is 1.00 bits per heavy atom. The molecule has 1 aromatic rings. The van der Waals surface area contributed by atoms with Crippen LogP contribution in [0.5, 0.6) is 0 Å². The first-order chi connectivity index (χ1) is 9.97. The Labute approximate surface area is 121 Å². The van der Waals surface area contributed by atoms with Gasteiger partial charge in [-0.15, -0.1) is 0 Å². The van der Waals surface area contributed by atoms with E-state index in [-0.39, 0.29) is 5.91 Å². The van der Waals surface area contributed by atoms with Crippen LogP contribution in [0, 0.1) is 11.8 Å². The molecular formula is C14H17N3O4. The third-order valence-corrected chi connectivity index (χ3v) is 3.59. The molecule has 0 saturated heterocycles. The Bertz CT molecular complexity index is 556. The number of nitrogens with two attached hydrogens (primary N) is 1. The van der Waals surface area contributed by atoms with Gasteiger partial charge in [0.25, 0.3) is 0 Å². The summed E-state index contributed by atoms with van der Waals surface area (Å²) in [6, 6.07) is 5.77. The minimum absolute atomic E-state index is 0.282. The maximum absolute atomic E-state index is 12.1. The Hall–Kier alpha value is -2.57. The summed E-state index contributed by atoms with van der Waals surface area (Å²) in [6.07, 6.45) is 1.87. The van der Waals surface area contributed by atoms with Crippen LogP contribution in [-0.2, 0) is 9.59 Å². The smallest absolute Gasteiger partial charge is 0.316 e. The van der Waals surface area contributed by atoms with Gasteiger partial charge >= 0.3 is 12.0 Å². The number of carboxylic acid groups (broad SMARTS) is 1. The number of carbonyl (C=O) groups is 3. The zero-order valence-corrected chi connectivity index (χ0v) is 11.3. The van der Waals surface area contributed by atoms with Crippen molar-refractivity contribution < 1.29 is 19.5 Å². The number of primary amides is 1. The molecular weight excluding hydrogens is 274 g/mol. The van der Waals surface area contributed by atoms with Crippen LogP contribution < -0.4 is 16.4 Å². The van der Waals surface area contributed by atoms with Gasteiger partial charge in [-0.3, -0.25) is 9.59 Å².